The molecule has 0 saturated heterocycles. The molecule has 0 heteroatoms. The summed E-state index contributed by atoms with van der Waals surface area (Å²) in [5.41, 5.74) is 4.86. The van der Waals surface area contributed by atoms with E-state index in [9.17, 15) is 0 Å². The SMILES string of the molecule is C(=Cc1ccc2cc3cc4cc(C=Cc5ccccc5)ccc4cc3cc2c1)c1ccccc1. The Morgan fingerprint density at radius 2 is 0.618 bits per heavy atom. The first-order valence-electron chi connectivity index (χ1n) is 11.7. The zero-order chi connectivity index (χ0) is 22.7. The van der Waals surface area contributed by atoms with Crippen molar-refractivity contribution in [2.75, 3.05) is 0 Å². The van der Waals surface area contributed by atoms with Crippen LogP contribution in [-0.2, 0) is 0 Å². The van der Waals surface area contributed by atoms with Gasteiger partial charge in [-0.05, 0) is 91.0 Å². The van der Waals surface area contributed by atoms with Crippen molar-refractivity contribution in [1.82, 2.24) is 0 Å². The normalized spacial score (nSPS) is 11.9. The Bertz CT molecular complexity index is 1540. The summed E-state index contributed by atoms with van der Waals surface area (Å²) in [7, 11) is 0. The van der Waals surface area contributed by atoms with Crippen LogP contribution in [0.4, 0.5) is 0 Å². The van der Waals surface area contributed by atoms with Crippen molar-refractivity contribution in [3.63, 3.8) is 0 Å². The van der Waals surface area contributed by atoms with Gasteiger partial charge in [-0.15, -0.1) is 0 Å². The molecule has 6 aromatic rings. The van der Waals surface area contributed by atoms with E-state index < -0.39 is 0 Å². The highest BCUT2D eigenvalue weighted by atomic mass is 14.1. The first-order chi connectivity index (χ1) is 16.8. The smallest absolute Gasteiger partial charge is 0.0171 e. The summed E-state index contributed by atoms with van der Waals surface area (Å²) in [6.45, 7) is 0. The fourth-order valence-corrected chi connectivity index (χ4v) is 4.51. The second-order valence-corrected chi connectivity index (χ2v) is 8.75. The van der Waals surface area contributed by atoms with Crippen LogP contribution in [0.2, 0.25) is 0 Å². The van der Waals surface area contributed by atoms with E-state index in [2.05, 4.69) is 133 Å². The molecule has 0 bridgehead atoms. The van der Waals surface area contributed by atoms with Crippen molar-refractivity contribution < 1.29 is 0 Å². The second kappa shape index (κ2) is 8.84. The van der Waals surface area contributed by atoms with E-state index in [-0.39, 0.29) is 0 Å². The third-order valence-electron chi connectivity index (χ3n) is 6.33. The number of hydrogen-bond acceptors (Lipinski definition) is 0. The van der Waals surface area contributed by atoms with Gasteiger partial charge in [-0.1, -0.05) is 109 Å². The maximum absolute atomic E-state index is 2.31. The number of hydrogen-bond donors (Lipinski definition) is 0. The largest absolute Gasteiger partial charge is 0.0622 e. The highest BCUT2D eigenvalue weighted by Crippen LogP contribution is 2.29. The quantitative estimate of drug-likeness (QED) is 0.192. The van der Waals surface area contributed by atoms with Crippen molar-refractivity contribution in [1.29, 1.82) is 0 Å². The van der Waals surface area contributed by atoms with Crippen LogP contribution in [-0.4, -0.2) is 0 Å². The number of fused-ring (bicyclic) bond motifs is 3. The Labute approximate surface area is 200 Å². The zero-order valence-electron chi connectivity index (χ0n) is 18.9. The van der Waals surface area contributed by atoms with E-state index in [0.717, 1.165) is 0 Å². The maximum atomic E-state index is 2.31. The summed E-state index contributed by atoms with van der Waals surface area (Å²) in [5, 5.41) is 7.62. The van der Waals surface area contributed by atoms with Gasteiger partial charge in [0.25, 0.3) is 0 Å². The first kappa shape index (κ1) is 20.2. The van der Waals surface area contributed by atoms with E-state index in [1.54, 1.807) is 0 Å². The van der Waals surface area contributed by atoms with Gasteiger partial charge in [-0.3, -0.25) is 0 Å². The lowest BCUT2D eigenvalue weighted by molar-refractivity contribution is 1.66. The van der Waals surface area contributed by atoms with Gasteiger partial charge in [-0.2, -0.15) is 0 Å². The summed E-state index contributed by atoms with van der Waals surface area (Å²) in [6.07, 6.45) is 8.70. The van der Waals surface area contributed by atoms with Gasteiger partial charge in [0.2, 0.25) is 0 Å². The Balaban J connectivity index is 1.35. The number of benzene rings is 6. The molecule has 0 heterocycles. The van der Waals surface area contributed by atoms with Crippen LogP contribution in [0.15, 0.2) is 121 Å². The van der Waals surface area contributed by atoms with Crippen LogP contribution in [0.25, 0.3) is 56.6 Å². The monoisotopic (exact) mass is 432 g/mol. The molecule has 6 aromatic carbocycles. The van der Waals surface area contributed by atoms with Crippen molar-refractivity contribution in [2.24, 2.45) is 0 Å². The molecule has 0 nitrogen and oxygen atoms in total. The molecule has 0 unspecified atom stereocenters. The Hall–Kier alpha value is -4.42. The third kappa shape index (κ3) is 4.27. The molecule has 0 spiro atoms. The second-order valence-electron chi connectivity index (χ2n) is 8.75. The van der Waals surface area contributed by atoms with E-state index in [4.69, 9.17) is 0 Å². The molecule has 0 amide bonds. The van der Waals surface area contributed by atoms with Gasteiger partial charge in [-0.25, -0.2) is 0 Å². The summed E-state index contributed by atoms with van der Waals surface area (Å²) >= 11 is 0. The summed E-state index contributed by atoms with van der Waals surface area (Å²) in [6, 6.07) is 43.5. The number of rotatable bonds is 4. The van der Waals surface area contributed by atoms with E-state index in [1.807, 2.05) is 12.1 Å². The third-order valence-corrected chi connectivity index (χ3v) is 6.33. The molecule has 0 atom stereocenters. The molecular formula is C34H24. The van der Waals surface area contributed by atoms with Crippen LogP contribution in [0.5, 0.6) is 0 Å². The average molecular weight is 433 g/mol. The highest BCUT2D eigenvalue weighted by Gasteiger charge is 2.03. The van der Waals surface area contributed by atoms with E-state index in [0.29, 0.717) is 0 Å². The Morgan fingerprint density at radius 1 is 0.265 bits per heavy atom. The molecule has 0 saturated carbocycles. The molecule has 6 rings (SSSR count). The average Bonchev–Trinajstić information content (AvgIpc) is 2.89. The van der Waals surface area contributed by atoms with Gasteiger partial charge >= 0.3 is 0 Å². The fourth-order valence-electron chi connectivity index (χ4n) is 4.51. The Morgan fingerprint density at radius 3 is 1.06 bits per heavy atom. The minimum absolute atomic E-state index is 1.21. The lowest BCUT2D eigenvalue weighted by Crippen LogP contribution is -1.81. The molecular weight excluding hydrogens is 408 g/mol. The van der Waals surface area contributed by atoms with Crippen molar-refractivity contribution >= 4 is 56.6 Å². The van der Waals surface area contributed by atoms with Crippen LogP contribution in [0.1, 0.15) is 22.3 Å². The van der Waals surface area contributed by atoms with Crippen LogP contribution >= 0.6 is 0 Å². The van der Waals surface area contributed by atoms with E-state index in [1.165, 1.54) is 54.6 Å². The fraction of sp³-hybridized carbons (Fsp3) is 0. The molecule has 0 aliphatic carbocycles. The lowest BCUT2D eigenvalue weighted by Gasteiger charge is -2.07. The Kier molecular flexibility index (Phi) is 5.26. The minimum atomic E-state index is 1.21. The van der Waals surface area contributed by atoms with Crippen molar-refractivity contribution in [3.8, 4) is 0 Å². The van der Waals surface area contributed by atoms with Gasteiger partial charge in [0, 0.05) is 0 Å². The highest BCUT2D eigenvalue weighted by molar-refractivity contribution is 6.05. The van der Waals surface area contributed by atoms with E-state index >= 15 is 0 Å². The molecule has 0 aromatic heterocycles. The van der Waals surface area contributed by atoms with Gasteiger partial charge in [0.1, 0.15) is 0 Å². The lowest BCUT2D eigenvalue weighted by atomic mass is 9.97. The topological polar surface area (TPSA) is 0 Å². The summed E-state index contributed by atoms with van der Waals surface area (Å²) < 4.78 is 0. The van der Waals surface area contributed by atoms with Crippen LogP contribution in [0.3, 0.4) is 0 Å². The zero-order valence-corrected chi connectivity index (χ0v) is 18.9. The van der Waals surface area contributed by atoms with Gasteiger partial charge < -0.3 is 0 Å². The first-order valence-corrected chi connectivity index (χ1v) is 11.7. The standard InChI is InChI=1S/C34H24/c1-3-7-25(8-4-1)11-13-27-15-17-29-21-34-24-32-20-28(14-12-26-9-5-2-6-10-26)16-18-30(32)22-33(34)23-31(29)19-27/h1-24H. The summed E-state index contributed by atoms with van der Waals surface area (Å²) in [5.74, 6) is 0. The van der Waals surface area contributed by atoms with Gasteiger partial charge in [0.15, 0.2) is 0 Å². The van der Waals surface area contributed by atoms with Crippen LogP contribution < -0.4 is 0 Å². The predicted octanol–water partition coefficient (Wildman–Crippen LogP) is 9.49. The molecule has 0 N–H and O–H groups in total. The molecule has 34 heavy (non-hydrogen) atoms. The molecule has 0 aliphatic heterocycles. The van der Waals surface area contributed by atoms with Gasteiger partial charge in [0.05, 0.1) is 0 Å². The molecule has 0 radical (unpaired) electrons. The van der Waals surface area contributed by atoms with Crippen molar-refractivity contribution in [3.05, 3.63) is 144 Å². The maximum Gasteiger partial charge on any atom is -0.0171 e. The van der Waals surface area contributed by atoms with Crippen LogP contribution in [0, 0.1) is 0 Å². The minimum Gasteiger partial charge on any atom is -0.0622 e. The molecule has 0 aliphatic rings. The molecule has 160 valence electrons. The molecule has 0 fully saturated rings. The predicted molar refractivity (Wildman–Crippen MR) is 150 cm³/mol. The van der Waals surface area contributed by atoms with Crippen molar-refractivity contribution in [2.45, 2.75) is 0 Å². The summed E-state index contributed by atoms with van der Waals surface area (Å²) in [4.78, 5) is 0.